The molecule has 1 heterocycles. The number of amides is 1. The van der Waals surface area contributed by atoms with E-state index in [4.69, 9.17) is 4.74 Å². The van der Waals surface area contributed by atoms with Crippen LogP contribution in [0.2, 0.25) is 0 Å². The van der Waals surface area contributed by atoms with Crippen molar-refractivity contribution < 1.29 is 9.53 Å². The normalized spacial score (nSPS) is 22.7. The van der Waals surface area contributed by atoms with Crippen molar-refractivity contribution in [1.29, 1.82) is 0 Å². The number of hydrogen-bond acceptors (Lipinski definition) is 3. The van der Waals surface area contributed by atoms with E-state index in [1.807, 2.05) is 55.1 Å². The Morgan fingerprint density at radius 3 is 2.85 bits per heavy atom. The Morgan fingerprint density at radius 1 is 1.45 bits per heavy atom. The largest absolute Gasteiger partial charge is 0.378 e. The maximum Gasteiger partial charge on any atom is 0.254 e. The van der Waals surface area contributed by atoms with Crippen LogP contribution in [-0.4, -0.2) is 55.5 Å². The minimum Gasteiger partial charge on any atom is -0.378 e. The van der Waals surface area contributed by atoms with Gasteiger partial charge in [-0.2, -0.15) is 0 Å². The fourth-order valence-electron chi connectivity index (χ4n) is 2.40. The van der Waals surface area contributed by atoms with Crippen LogP contribution in [0, 0.1) is 0 Å². The molecular weight excluding hydrogens is 320 g/mol. The summed E-state index contributed by atoms with van der Waals surface area (Å²) < 4.78 is 5.76. The first-order chi connectivity index (χ1) is 9.51. The fourth-order valence-corrected chi connectivity index (χ4v) is 2.75. The zero-order valence-electron chi connectivity index (χ0n) is 12.2. The van der Waals surface area contributed by atoms with Crippen LogP contribution in [0.1, 0.15) is 17.3 Å². The fraction of sp³-hybridized carbons (Fsp3) is 0.533. The van der Waals surface area contributed by atoms with E-state index in [9.17, 15) is 4.79 Å². The number of anilines is 1. The zero-order valence-corrected chi connectivity index (χ0v) is 13.8. The van der Waals surface area contributed by atoms with Crippen LogP contribution < -0.4 is 4.90 Å². The molecule has 2 rings (SSSR count). The van der Waals surface area contributed by atoms with E-state index in [1.165, 1.54) is 0 Å². The molecule has 1 aliphatic heterocycles. The number of rotatable bonds is 3. The van der Waals surface area contributed by atoms with E-state index in [2.05, 4.69) is 15.9 Å². The average Bonchev–Trinajstić information content (AvgIpc) is 2.45. The summed E-state index contributed by atoms with van der Waals surface area (Å²) in [6, 6.07) is 7.73. The van der Waals surface area contributed by atoms with Crippen LogP contribution >= 0.6 is 15.9 Å². The highest BCUT2D eigenvalue weighted by molar-refractivity contribution is 9.09. The van der Waals surface area contributed by atoms with Gasteiger partial charge in [-0.1, -0.05) is 22.0 Å². The Morgan fingerprint density at radius 2 is 2.20 bits per heavy atom. The molecule has 0 aromatic heterocycles. The molecule has 5 heteroatoms. The van der Waals surface area contributed by atoms with Gasteiger partial charge in [0.2, 0.25) is 0 Å². The molecule has 0 spiro atoms. The van der Waals surface area contributed by atoms with Crippen molar-refractivity contribution >= 4 is 27.5 Å². The highest BCUT2D eigenvalue weighted by Crippen LogP contribution is 2.19. The Hall–Kier alpha value is -1.07. The summed E-state index contributed by atoms with van der Waals surface area (Å²) in [7, 11) is 3.95. The molecule has 110 valence electrons. The zero-order chi connectivity index (χ0) is 14.7. The van der Waals surface area contributed by atoms with Crippen LogP contribution in [0.3, 0.4) is 0 Å². The highest BCUT2D eigenvalue weighted by Gasteiger charge is 2.28. The third-order valence-electron chi connectivity index (χ3n) is 3.40. The van der Waals surface area contributed by atoms with Gasteiger partial charge in [0.1, 0.15) is 0 Å². The molecule has 0 bridgehead atoms. The summed E-state index contributed by atoms with van der Waals surface area (Å²) in [4.78, 5) is 16.5. The molecular formula is C15H21BrN2O2. The van der Waals surface area contributed by atoms with Crippen LogP contribution in [0.5, 0.6) is 0 Å². The molecule has 1 aromatic carbocycles. The smallest absolute Gasteiger partial charge is 0.254 e. The summed E-state index contributed by atoms with van der Waals surface area (Å²) in [6.45, 7) is 3.29. The number of carbonyl (C=O) groups is 1. The molecule has 1 saturated heterocycles. The van der Waals surface area contributed by atoms with Crippen molar-refractivity contribution in [1.82, 2.24) is 4.90 Å². The second-order valence-electron chi connectivity index (χ2n) is 5.38. The molecule has 20 heavy (non-hydrogen) atoms. The Labute approximate surface area is 128 Å². The van der Waals surface area contributed by atoms with Crippen LogP contribution in [0.15, 0.2) is 24.3 Å². The van der Waals surface area contributed by atoms with Gasteiger partial charge in [-0.15, -0.1) is 0 Å². The third-order valence-corrected chi connectivity index (χ3v) is 4.12. The van der Waals surface area contributed by atoms with Crippen LogP contribution in [0.4, 0.5) is 5.69 Å². The van der Waals surface area contributed by atoms with Crippen molar-refractivity contribution in [3.63, 3.8) is 0 Å². The van der Waals surface area contributed by atoms with Gasteiger partial charge < -0.3 is 14.5 Å². The molecule has 0 N–H and O–H groups in total. The van der Waals surface area contributed by atoms with E-state index in [1.54, 1.807) is 0 Å². The molecule has 1 aliphatic rings. The Kier molecular flexibility index (Phi) is 5.05. The number of ether oxygens (including phenoxy) is 1. The molecule has 0 aliphatic carbocycles. The first-order valence-corrected chi connectivity index (χ1v) is 7.91. The molecule has 4 nitrogen and oxygen atoms in total. The van der Waals surface area contributed by atoms with E-state index < -0.39 is 0 Å². The first-order valence-electron chi connectivity index (χ1n) is 6.79. The summed E-state index contributed by atoms with van der Waals surface area (Å²) in [6.07, 6.45) is 0.145. The maximum absolute atomic E-state index is 12.6. The lowest BCUT2D eigenvalue weighted by molar-refractivity contribution is -0.0559. The number of hydrogen-bond donors (Lipinski definition) is 0. The topological polar surface area (TPSA) is 32.8 Å². The third kappa shape index (κ3) is 3.52. The van der Waals surface area contributed by atoms with Gasteiger partial charge in [0.05, 0.1) is 12.2 Å². The Bertz CT molecular complexity index is 479. The number of halogens is 1. The average molecular weight is 341 g/mol. The molecule has 2 unspecified atom stereocenters. The van der Waals surface area contributed by atoms with Gasteiger partial charge in [-0.3, -0.25) is 4.79 Å². The van der Waals surface area contributed by atoms with Crippen molar-refractivity contribution in [2.24, 2.45) is 0 Å². The first kappa shape index (κ1) is 15.3. The van der Waals surface area contributed by atoms with Gasteiger partial charge in [0.15, 0.2) is 0 Å². The lowest BCUT2D eigenvalue weighted by atomic mass is 10.1. The molecule has 1 amide bonds. The minimum atomic E-state index is 0.0692. The molecule has 2 atom stereocenters. The van der Waals surface area contributed by atoms with Crippen molar-refractivity contribution in [2.75, 3.05) is 37.4 Å². The standard InChI is InChI=1S/C15H21BrN2O2/c1-11-9-18(10-14(8-16)20-11)15(19)12-5-4-6-13(7-12)17(2)3/h4-7,11,14H,8-10H2,1-3H3. The van der Waals surface area contributed by atoms with Crippen LogP contribution in [-0.2, 0) is 4.74 Å². The number of nitrogens with zero attached hydrogens (tertiary/aromatic N) is 2. The SMILES string of the molecule is CC1CN(C(=O)c2cccc(N(C)C)c2)CC(CBr)O1. The van der Waals surface area contributed by atoms with E-state index in [0.29, 0.717) is 13.1 Å². The maximum atomic E-state index is 12.6. The van der Waals surface area contributed by atoms with Crippen LogP contribution in [0.25, 0.3) is 0 Å². The summed E-state index contributed by atoms with van der Waals surface area (Å²) in [5.41, 5.74) is 1.77. The lowest BCUT2D eigenvalue weighted by Crippen LogP contribution is -2.49. The number of carbonyl (C=O) groups excluding carboxylic acids is 1. The van der Waals surface area contributed by atoms with Gasteiger partial charge >= 0.3 is 0 Å². The quantitative estimate of drug-likeness (QED) is 0.792. The monoisotopic (exact) mass is 340 g/mol. The van der Waals surface area contributed by atoms with Crippen molar-refractivity contribution in [2.45, 2.75) is 19.1 Å². The lowest BCUT2D eigenvalue weighted by Gasteiger charge is -2.36. The van der Waals surface area contributed by atoms with E-state index in [0.717, 1.165) is 16.6 Å². The van der Waals surface area contributed by atoms with Crippen molar-refractivity contribution in [3.8, 4) is 0 Å². The van der Waals surface area contributed by atoms with Gasteiger partial charge in [-0.05, 0) is 25.1 Å². The number of benzene rings is 1. The van der Waals surface area contributed by atoms with E-state index in [-0.39, 0.29) is 18.1 Å². The number of alkyl halides is 1. The highest BCUT2D eigenvalue weighted by atomic mass is 79.9. The molecule has 0 radical (unpaired) electrons. The van der Waals surface area contributed by atoms with Gasteiger partial charge in [0, 0.05) is 43.8 Å². The summed E-state index contributed by atoms with van der Waals surface area (Å²) in [5.74, 6) is 0.0785. The second kappa shape index (κ2) is 6.59. The molecule has 1 fully saturated rings. The molecule has 0 saturated carbocycles. The van der Waals surface area contributed by atoms with E-state index >= 15 is 0 Å². The Balaban J connectivity index is 2.16. The summed E-state index contributed by atoms with van der Waals surface area (Å²) in [5, 5.41) is 0.749. The predicted octanol–water partition coefficient (Wildman–Crippen LogP) is 2.38. The van der Waals surface area contributed by atoms with Gasteiger partial charge in [-0.25, -0.2) is 0 Å². The number of morpholine rings is 1. The minimum absolute atomic E-state index is 0.0692. The van der Waals surface area contributed by atoms with Crippen molar-refractivity contribution in [3.05, 3.63) is 29.8 Å². The second-order valence-corrected chi connectivity index (χ2v) is 6.03. The summed E-state index contributed by atoms with van der Waals surface area (Å²) >= 11 is 3.43. The predicted molar refractivity (Wildman–Crippen MR) is 84.8 cm³/mol. The van der Waals surface area contributed by atoms with Gasteiger partial charge in [0.25, 0.3) is 5.91 Å². The molecule has 1 aromatic rings.